The maximum Gasteiger partial charge on any atom is 0.274 e. The molecule has 0 aromatic heterocycles. The molecule has 2 amide bonds. The number of nitrogens with zero attached hydrogens (tertiary/aromatic N) is 1. The summed E-state index contributed by atoms with van der Waals surface area (Å²) in [7, 11) is 0. The molecule has 1 atom stereocenters. The van der Waals surface area contributed by atoms with Crippen molar-refractivity contribution in [3.8, 4) is 0 Å². The molecule has 2 aromatic carbocycles. The Hall–Kier alpha value is -2.73. The van der Waals surface area contributed by atoms with Gasteiger partial charge in [0.05, 0.1) is 5.41 Å². The first-order valence-corrected chi connectivity index (χ1v) is 9.07. The molecule has 140 valence electrons. The summed E-state index contributed by atoms with van der Waals surface area (Å²) in [6.45, 7) is 2.40. The van der Waals surface area contributed by atoms with Crippen molar-refractivity contribution in [1.29, 1.82) is 0 Å². The van der Waals surface area contributed by atoms with Crippen LogP contribution in [0.25, 0.3) is 0 Å². The van der Waals surface area contributed by atoms with E-state index < -0.39 is 11.3 Å². The van der Waals surface area contributed by atoms with Gasteiger partial charge in [-0.3, -0.25) is 14.8 Å². The maximum absolute atomic E-state index is 13.8. The van der Waals surface area contributed by atoms with Crippen molar-refractivity contribution in [1.82, 2.24) is 5.48 Å². The Labute approximate surface area is 156 Å². The fourth-order valence-corrected chi connectivity index (χ4v) is 4.40. The molecule has 1 saturated heterocycles. The van der Waals surface area contributed by atoms with E-state index in [4.69, 9.17) is 5.21 Å². The van der Waals surface area contributed by atoms with Crippen molar-refractivity contribution in [3.63, 3.8) is 0 Å². The van der Waals surface area contributed by atoms with E-state index in [0.29, 0.717) is 37.1 Å². The van der Waals surface area contributed by atoms with E-state index >= 15 is 0 Å². The Kier molecular flexibility index (Phi) is 4.23. The summed E-state index contributed by atoms with van der Waals surface area (Å²) in [4.78, 5) is 26.5. The minimum Gasteiger partial charge on any atom is -0.312 e. The first-order valence-electron chi connectivity index (χ1n) is 9.07. The molecule has 1 fully saturated rings. The summed E-state index contributed by atoms with van der Waals surface area (Å²) in [5.41, 5.74) is 5.09. The number of rotatable bonds is 2. The third-order valence-corrected chi connectivity index (χ3v) is 5.82. The quantitative estimate of drug-likeness (QED) is 0.632. The molecule has 2 N–H and O–H groups in total. The lowest BCUT2D eigenvalue weighted by Crippen LogP contribution is -2.39. The van der Waals surface area contributed by atoms with Crippen LogP contribution in [-0.2, 0) is 17.6 Å². The Morgan fingerprint density at radius 3 is 2.74 bits per heavy atom. The molecule has 2 aromatic rings. The lowest BCUT2D eigenvalue weighted by Gasteiger charge is -2.33. The zero-order chi connectivity index (χ0) is 19.2. The molecule has 6 heteroatoms. The number of carbonyl (C=O) groups excluding carboxylic acids is 2. The summed E-state index contributed by atoms with van der Waals surface area (Å²) in [5, 5.41) is 8.79. The molecule has 0 unspecified atom stereocenters. The molecule has 5 nitrogen and oxygen atoms in total. The van der Waals surface area contributed by atoms with Gasteiger partial charge in [0.25, 0.3) is 5.91 Å². The Morgan fingerprint density at radius 1 is 1.19 bits per heavy atom. The SMILES string of the molecule is Cc1cc(F)cc(N2CC[C@@]3(CCc4cc(C(=O)NO)ccc4C3)C2=O)c1. The molecule has 1 heterocycles. The number of carbonyl (C=O) groups is 2. The summed E-state index contributed by atoms with van der Waals surface area (Å²) < 4.78 is 13.8. The van der Waals surface area contributed by atoms with Crippen LogP contribution < -0.4 is 10.4 Å². The van der Waals surface area contributed by atoms with Crippen LogP contribution in [0.4, 0.5) is 10.1 Å². The molecule has 1 aliphatic carbocycles. The lowest BCUT2D eigenvalue weighted by molar-refractivity contribution is -0.126. The Balaban J connectivity index is 1.61. The largest absolute Gasteiger partial charge is 0.312 e. The van der Waals surface area contributed by atoms with E-state index in [1.165, 1.54) is 12.1 Å². The molecule has 0 bridgehead atoms. The molecular formula is C21H21FN2O3. The average molecular weight is 368 g/mol. The number of nitrogens with one attached hydrogen (secondary N) is 1. The van der Waals surface area contributed by atoms with Crippen LogP contribution in [-0.4, -0.2) is 23.6 Å². The zero-order valence-electron chi connectivity index (χ0n) is 15.1. The highest BCUT2D eigenvalue weighted by atomic mass is 19.1. The zero-order valence-corrected chi connectivity index (χ0v) is 15.1. The van der Waals surface area contributed by atoms with Crippen LogP contribution in [0, 0.1) is 18.2 Å². The van der Waals surface area contributed by atoms with Gasteiger partial charge in [0, 0.05) is 17.8 Å². The van der Waals surface area contributed by atoms with Crippen molar-refractivity contribution in [3.05, 3.63) is 64.5 Å². The van der Waals surface area contributed by atoms with Crippen LogP contribution in [0.1, 0.15) is 39.9 Å². The fraction of sp³-hybridized carbons (Fsp3) is 0.333. The standard InChI is InChI=1S/C21H21FN2O3/c1-13-8-17(22)11-18(9-13)24-7-6-21(20(24)26)5-4-14-10-15(19(25)23-27)2-3-16(14)12-21/h2-3,8-11,27H,4-7,12H2,1H3,(H,23,25)/t21-/m1/s1. The Bertz CT molecular complexity index is 923. The van der Waals surface area contributed by atoms with Crippen LogP contribution in [0.5, 0.6) is 0 Å². The van der Waals surface area contributed by atoms with E-state index in [-0.39, 0.29) is 11.7 Å². The Morgan fingerprint density at radius 2 is 2.00 bits per heavy atom. The number of hydroxylamine groups is 1. The van der Waals surface area contributed by atoms with Gasteiger partial charge in [0.2, 0.25) is 5.91 Å². The topological polar surface area (TPSA) is 69.6 Å². The van der Waals surface area contributed by atoms with Crippen molar-refractivity contribution >= 4 is 17.5 Å². The highest BCUT2D eigenvalue weighted by Crippen LogP contribution is 2.45. The second-order valence-corrected chi connectivity index (χ2v) is 7.58. The van der Waals surface area contributed by atoms with E-state index in [1.54, 1.807) is 22.5 Å². The molecule has 27 heavy (non-hydrogen) atoms. The molecule has 4 rings (SSSR count). The number of hydrogen-bond donors (Lipinski definition) is 2. The van der Waals surface area contributed by atoms with Crippen LogP contribution >= 0.6 is 0 Å². The molecule has 0 saturated carbocycles. The summed E-state index contributed by atoms with van der Waals surface area (Å²) in [6, 6.07) is 10.0. The van der Waals surface area contributed by atoms with Crippen LogP contribution in [0.2, 0.25) is 0 Å². The first-order chi connectivity index (χ1) is 12.9. The molecular weight excluding hydrogens is 347 g/mol. The van der Waals surface area contributed by atoms with Gasteiger partial charge < -0.3 is 4.90 Å². The van der Waals surface area contributed by atoms with Gasteiger partial charge in [-0.1, -0.05) is 6.07 Å². The molecule has 1 aliphatic heterocycles. The summed E-state index contributed by atoms with van der Waals surface area (Å²) in [6.07, 6.45) is 2.75. The van der Waals surface area contributed by atoms with Gasteiger partial charge in [-0.15, -0.1) is 0 Å². The molecule has 0 radical (unpaired) electrons. The molecule has 1 spiro atoms. The van der Waals surface area contributed by atoms with Gasteiger partial charge in [-0.2, -0.15) is 0 Å². The van der Waals surface area contributed by atoms with E-state index in [0.717, 1.165) is 23.1 Å². The first kappa shape index (κ1) is 17.7. The van der Waals surface area contributed by atoms with E-state index in [9.17, 15) is 14.0 Å². The number of hydrogen-bond acceptors (Lipinski definition) is 3. The van der Waals surface area contributed by atoms with Crippen molar-refractivity contribution in [2.24, 2.45) is 5.41 Å². The average Bonchev–Trinajstić information content (AvgIpc) is 2.96. The highest BCUT2D eigenvalue weighted by Gasteiger charge is 2.48. The highest BCUT2D eigenvalue weighted by molar-refractivity contribution is 6.00. The van der Waals surface area contributed by atoms with E-state index in [1.807, 2.05) is 19.1 Å². The second-order valence-electron chi connectivity index (χ2n) is 7.58. The number of anilines is 1. The van der Waals surface area contributed by atoms with Crippen molar-refractivity contribution in [2.75, 3.05) is 11.4 Å². The van der Waals surface area contributed by atoms with Gasteiger partial charge >= 0.3 is 0 Å². The van der Waals surface area contributed by atoms with Crippen LogP contribution in [0.15, 0.2) is 36.4 Å². The lowest BCUT2D eigenvalue weighted by atomic mass is 9.70. The monoisotopic (exact) mass is 368 g/mol. The number of benzene rings is 2. The predicted molar refractivity (Wildman–Crippen MR) is 98.3 cm³/mol. The minimum atomic E-state index is -0.539. The van der Waals surface area contributed by atoms with Gasteiger partial charge in [-0.25, -0.2) is 9.87 Å². The number of aryl methyl sites for hydroxylation is 2. The third-order valence-electron chi connectivity index (χ3n) is 5.82. The van der Waals surface area contributed by atoms with Crippen molar-refractivity contribution < 1.29 is 19.2 Å². The maximum atomic E-state index is 13.8. The van der Waals surface area contributed by atoms with Gasteiger partial charge in [-0.05, 0) is 79.6 Å². The number of amides is 2. The van der Waals surface area contributed by atoms with Gasteiger partial charge in [0.15, 0.2) is 0 Å². The summed E-state index contributed by atoms with van der Waals surface area (Å²) in [5.74, 6) is -0.819. The minimum absolute atomic E-state index is 0.0512. The second kappa shape index (κ2) is 6.46. The van der Waals surface area contributed by atoms with E-state index in [2.05, 4.69) is 0 Å². The smallest absolute Gasteiger partial charge is 0.274 e. The molecule has 2 aliphatic rings. The number of halogens is 1. The van der Waals surface area contributed by atoms with Crippen LogP contribution in [0.3, 0.4) is 0 Å². The normalized spacial score (nSPS) is 21.4. The fourth-order valence-electron chi connectivity index (χ4n) is 4.40. The summed E-state index contributed by atoms with van der Waals surface area (Å²) >= 11 is 0. The predicted octanol–water partition coefficient (Wildman–Crippen LogP) is 3.17. The van der Waals surface area contributed by atoms with Gasteiger partial charge in [0.1, 0.15) is 5.82 Å². The third kappa shape index (κ3) is 3.00. The van der Waals surface area contributed by atoms with Crippen molar-refractivity contribution in [2.45, 2.75) is 32.6 Å². The number of fused-ring (bicyclic) bond motifs is 1.